The number of hydrogen-bond acceptors (Lipinski definition) is 10. The molecular formula is C16H16FN9O3. The van der Waals surface area contributed by atoms with Crippen molar-refractivity contribution < 1.29 is 14.2 Å². The molecule has 0 fully saturated rings. The van der Waals surface area contributed by atoms with Gasteiger partial charge in [0, 0.05) is 13.1 Å². The summed E-state index contributed by atoms with van der Waals surface area (Å²) in [6.45, 7) is 1.36. The van der Waals surface area contributed by atoms with E-state index >= 15 is 0 Å². The number of aryl methyl sites for hydroxylation is 1. The second-order valence-electron chi connectivity index (χ2n) is 5.99. The Bertz CT molecular complexity index is 1150. The molecule has 0 spiro atoms. The number of nitrogen functional groups attached to an aromatic ring is 1. The van der Waals surface area contributed by atoms with Gasteiger partial charge in [0.2, 0.25) is 5.95 Å². The van der Waals surface area contributed by atoms with Crippen molar-refractivity contribution in [2.45, 2.75) is 13.0 Å². The molecule has 13 heteroatoms. The van der Waals surface area contributed by atoms with Gasteiger partial charge in [0.25, 0.3) is 0 Å². The van der Waals surface area contributed by atoms with Crippen LogP contribution in [-0.2, 0) is 7.05 Å². The predicted octanol–water partition coefficient (Wildman–Crippen LogP) is -0.148. The van der Waals surface area contributed by atoms with E-state index in [0.717, 1.165) is 15.4 Å². The van der Waals surface area contributed by atoms with Crippen molar-refractivity contribution in [2.24, 2.45) is 7.05 Å². The first-order chi connectivity index (χ1) is 13.8. The largest absolute Gasteiger partial charge is 0.489 e. The van der Waals surface area contributed by atoms with Crippen molar-refractivity contribution in [3.8, 4) is 17.5 Å². The van der Waals surface area contributed by atoms with Crippen LogP contribution in [0.15, 0.2) is 23.1 Å². The fourth-order valence-electron chi connectivity index (χ4n) is 2.26. The molecule has 29 heavy (non-hydrogen) atoms. The van der Waals surface area contributed by atoms with E-state index in [9.17, 15) is 14.3 Å². The molecule has 150 valence electrons. The topological polar surface area (TPSA) is 170 Å². The molecule has 0 aliphatic heterocycles. The molecule has 3 aromatic rings. The number of aromatic nitrogens is 6. The minimum atomic E-state index is -0.822. The maximum absolute atomic E-state index is 14.6. The van der Waals surface area contributed by atoms with E-state index in [1.165, 1.54) is 26.2 Å². The van der Waals surface area contributed by atoms with Gasteiger partial charge in [-0.05, 0) is 23.4 Å². The van der Waals surface area contributed by atoms with Crippen LogP contribution >= 0.6 is 0 Å². The van der Waals surface area contributed by atoms with E-state index in [-0.39, 0.29) is 41.1 Å². The van der Waals surface area contributed by atoms with Gasteiger partial charge in [-0.25, -0.2) is 14.2 Å². The highest BCUT2D eigenvalue weighted by atomic mass is 19.1. The minimum Gasteiger partial charge on any atom is -0.489 e. The van der Waals surface area contributed by atoms with Crippen LogP contribution in [-0.4, -0.2) is 47.6 Å². The van der Waals surface area contributed by atoms with Crippen molar-refractivity contribution in [3.63, 3.8) is 0 Å². The Hall–Kier alpha value is -4.05. The van der Waals surface area contributed by atoms with E-state index in [1.807, 2.05) is 6.07 Å². The average molecular weight is 401 g/mol. The highest BCUT2D eigenvalue weighted by molar-refractivity contribution is 5.64. The first-order valence-corrected chi connectivity index (χ1v) is 8.23. The number of aliphatic hydroxyl groups excluding tert-OH is 1. The second kappa shape index (κ2) is 7.90. The number of benzene rings is 1. The third-order valence-electron chi connectivity index (χ3n) is 3.66. The normalized spacial score (nSPS) is 11.7. The molecule has 0 radical (unpaired) electrons. The quantitative estimate of drug-likeness (QED) is 0.505. The number of ether oxygens (including phenoxy) is 1. The summed E-state index contributed by atoms with van der Waals surface area (Å²) in [5.41, 5.74) is 5.09. The zero-order chi connectivity index (χ0) is 21.1. The molecule has 0 aliphatic carbocycles. The summed E-state index contributed by atoms with van der Waals surface area (Å²) in [5, 5.41) is 28.3. The Kier molecular flexibility index (Phi) is 5.37. The Balaban J connectivity index is 2.05. The molecule has 4 N–H and O–H groups in total. The van der Waals surface area contributed by atoms with E-state index in [1.54, 1.807) is 0 Å². The predicted molar refractivity (Wildman–Crippen MR) is 98.2 cm³/mol. The van der Waals surface area contributed by atoms with Gasteiger partial charge in [-0.3, -0.25) is 0 Å². The first kappa shape index (κ1) is 19.7. The standard InChI is InChI=1S/C16H16FN9O3/c1-8(27)7-29-13-3-10(17)11(4-12(13)26-16(28)25(2)23-24-26)21-15-20-6-9(5-18)14(19)22-15/h3-4,6,8,27H,7H2,1-2H3,(H3,19,20,21,22)/t8-/m0/s1. The molecule has 1 atom stereocenters. The summed E-state index contributed by atoms with van der Waals surface area (Å²) >= 11 is 0. The maximum atomic E-state index is 14.6. The van der Waals surface area contributed by atoms with E-state index in [4.69, 9.17) is 15.7 Å². The summed E-state index contributed by atoms with van der Waals surface area (Å²) in [5.74, 6) is -0.919. The number of rotatable bonds is 6. The van der Waals surface area contributed by atoms with Gasteiger partial charge in [0.1, 0.15) is 35.5 Å². The van der Waals surface area contributed by atoms with Crippen LogP contribution in [0.5, 0.6) is 5.75 Å². The van der Waals surface area contributed by atoms with Gasteiger partial charge in [0.15, 0.2) is 5.82 Å². The molecular weight excluding hydrogens is 385 g/mol. The molecule has 0 amide bonds. The molecule has 0 aliphatic rings. The van der Waals surface area contributed by atoms with Gasteiger partial charge in [-0.1, -0.05) is 0 Å². The smallest absolute Gasteiger partial charge is 0.368 e. The fourth-order valence-corrected chi connectivity index (χ4v) is 2.26. The van der Waals surface area contributed by atoms with Gasteiger partial charge < -0.3 is 20.9 Å². The molecule has 12 nitrogen and oxygen atoms in total. The van der Waals surface area contributed by atoms with Crippen molar-refractivity contribution in [1.29, 1.82) is 5.26 Å². The monoisotopic (exact) mass is 401 g/mol. The summed E-state index contributed by atoms with van der Waals surface area (Å²) < 4.78 is 21.9. The maximum Gasteiger partial charge on any atom is 0.368 e. The van der Waals surface area contributed by atoms with E-state index in [2.05, 4.69) is 25.7 Å². The molecule has 3 rings (SSSR count). The zero-order valence-electron chi connectivity index (χ0n) is 15.4. The molecule has 0 saturated carbocycles. The number of halogens is 1. The lowest BCUT2D eigenvalue weighted by Gasteiger charge is -2.15. The van der Waals surface area contributed by atoms with Crippen molar-refractivity contribution in [2.75, 3.05) is 17.7 Å². The van der Waals surface area contributed by atoms with Crippen molar-refractivity contribution in [1.82, 2.24) is 29.8 Å². The van der Waals surface area contributed by atoms with Crippen LogP contribution in [0.1, 0.15) is 12.5 Å². The van der Waals surface area contributed by atoms with Crippen LogP contribution in [0.25, 0.3) is 5.69 Å². The second-order valence-corrected chi connectivity index (χ2v) is 5.99. The van der Waals surface area contributed by atoms with Crippen molar-refractivity contribution in [3.05, 3.63) is 40.2 Å². The number of aliphatic hydroxyl groups is 1. The third-order valence-corrected chi connectivity index (χ3v) is 3.66. The molecule has 0 bridgehead atoms. The highest BCUT2D eigenvalue weighted by Gasteiger charge is 2.18. The lowest BCUT2D eigenvalue weighted by atomic mass is 10.2. The van der Waals surface area contributed by atoms with Gasteiger partial charge in [-0.15, -0.1) is 0 Å². The van der Waals surface area contributed by atoms with E-state index < -0.39 is 17.6 Å². The van der Waals surface area contributed by atoms with Gasteiger partial charge >= 0.3 is 5.69 Å². The number of nitriles is 1. The number of nitrogens with zero attached hydrogens (tertiary/aromatic N) is 7. The summed E-state index contributed by atoms with van der Waals surface area (Å²) in [4.78, 5) is 20.0. The van der Waals surface area contributed by atoms with Gasteiger partial charge in [-0.2, -0.15) is 19.6 Å². The molecule has 0 saturated heterocycles. The Labute approximate surface area is 163 Å². The number of hydrogen-bond donors (Lipinski definition) is 3. The minimum absolute atomic E-state index is 0.0307. The summed E-state index contributed by atoms with van der Waals surface area (Å²) in [7, 11) is 1.40. The number of anilines is 3. The van der Waals surface area contributed by atoms with Crippen LogP contribution in [0, 0.1) is 17.1 Å². The lowest BCUT2D eigenvalue weighted by Crippen LogP contribution is -2.23. The van der Waals surface area contributed by atoms with Crippen LogP contribution in [0.3, 0.4) is 0 Å². The van der Waals surface area contributed by atoms with Gasteiger partial charge in [0.05, 0.1) is 18.0 Å². The average Bonchev–Trinajstić information content (AvgIpc) is 3.00. The molecule has 1 aromatic carbocycles. The molecule has 0 unspecified atom stereocenters. The number of nitrogens with one attached hydrogen (secondary N) is 1. The third kappa shape index (κ3) is 4.12. The van der Waals surface area contributed by atoms with E-state index in [0.29, 0.717) is 0 Å². The first-order valence-electron chi connectivity index (χ1n) is 8.23. The van der Waals surface area contributed by atoms with Crippen LogP contribution in [0.2, 0.25) is 0 Å². The zero-order valence-corrected chi connectivity index (χ0v) is 15.4. The fraction of sp³-hybridized carbons (Fsp3) is 0.250. The molecule has 2 aromatic heterocycles. The Morgan fingerprint density at radius 2 is 2.21 bits per heavy atom. The highest BCUT2D eigenvalue weighted by Crippen LogP contribution is 2.30. The lowest BCUT2D eigenvalue weighted by molar-refractivity contribution is 0.122. The molecule has 2 heterocycles. The Morgan fingerprint density at radius 1 is 1.45 bits per heavy atom. The van der Waals surface area contributed by atoms with Crippen LogP contribution in [0.4, 0.5) is 21.8 Å². The van der Waals surface area contributed by atoms with Crippen LogP contribution < -0.4 is 21.5 Å². The summed E-state index contributed by atoms with van der Waals surface area (Å²) in [6.07, 6.45) is 0.369. The Morgan fingerprint density at radius 3 is 2.79 bits per heavy atom. The summed E-state index contributed by atoms with van der Waals surface area (Å²) in [6, 6.07) is 4.10. The SMILES string of the molecule is C[C@H](O)COc1cc(F)c(Nc2ncc(C#N)c(N)n2)cc1-n1nnn(C)c1=O. The van der Waals surface area contributed by atoms with Crippen molar-refractivity contribution >= 4 is 17.5 Å². The number of nitrogens with two attached hydrogens (primary N) is 1. The number of tetrazole rings is 1.